The van der Waals surface area contributed by atoms with Crippen LogP contribution in [0.25, 0.3) is 10.4 Å². The molecule has 0 unspecified atom stereocenters. The summed E-state index contributed by atoms with van der Waals surface area (Å²) in [5.74, 6) is 0.793. The largest absolute Gasteiger partial charge is 0.361 e. The summed E-state index contributed by atoms with van der Waals surface area (Å²) < 4.78 is 5.07. The zero-order chi connectivity index (χ0) is 16.7. The molecule has 0 radical (unpaired) electrons. The van der Waals surface area contributed by atoms with Crippen LogP contribution in [0.3, 0.4) is 0 Å². The maximum Gasteiger partial charge on any atom is 0.264 e. The highest BCUT2D eigenvalue weighted by Gasteiger charge is 2.23. The van der Waals surface area contributed by atoms with Crippen molar-refractivity contribution in [2.24, 2.45) is 0 Å². The number of hydrogen-bond acceptors (Lipinski definition) is 4. The quantitative estimate of drug-likeness (QED) is 0.723. The fraction of sp³-hybridized carbons (Fsp3) is 0.263. The van der Waals surface area contributed by atoms with E-state index in [1.165, 1.54) is 21.6 Å². The topological polar surface area (TPSA) is 46.3 Å². The zero-order valence-electron chi connectivity index (χ0n) is 13.7. The van der Waals surface area contributed by atoms with Crippen molar-refractivity contribution in [3.8, 4) is 10.4 Å². The van der Waals surface area contributed by atoms with Crippen molar-refractivity contribution in [3.63, 3.8) is 0 Å². The predicted molar refractivity (Wildman–Crippen MR) is 94.2 cm³/mol. The molecule has 0 saturated carbocycles. The molecule has 4 rings (SSSR count). The minimum absolute atomic E-state index is 0.0348. The van der Waals surface area contributed by atoms with Gasteiger partial charge in [0.1, 0.15) is 11.5 Å². The lowest BCUT2D eigenvalue weighted by molar-refractivity contribution is 0.0787. The zero-order valence-corrected chi connectivity index (χ0v) is 14.5. The number of aryl methyl sites for hydroxylation is 3. The summed E-state index contributed by atoms with van der Waals surface area (Å²) in [4.78, 5) is 16.5. The number of aromatic nitrogens is 1. The van der Waals surface area contributed by atoms with Crippen molar-refractivity contribution >= 4 is 17.2 Å². The van der Waals surface area contributed by atoms with Crippen LogP contribution in [0, 0.1) is 6.92 Å². The second-order valence-corrected chi connectivity index (χ2v) is 7.26. The molecule has 122 valence electrons. The van der Waals surface area contributed by atoms with Gasteiger partial charge in [-0.2, -0.15) is 0 Å². The van der Waals surface area contributed by atoms with Crippen LogP contribution in [0.1, 0.15) is 32.3 Å². The summed E-state index contributed by atoms with van der Waals surface area (Å²) >= 11 is 1.60. The van der Waals surface area contributed by atoms with Crippen LogP contribution in [-0.2, 0) is 19.4 Å². The van der Waals surface area contributed by atoms with Gasteiger partial charge in [0, 0.05) is 18.0 Å². The van der Waals surface area contributed by atoms with Crippen LogP contribution in [0.5, 0.6) is 0 Å². The van der Waals surface area contributed by atoms with Crippen molar-refractivity contribution in [1.82, 2.24) is 10.1 Å². The van der Waals surface area contributed by atoms with E-state index < -0.39 is 0 Å². The van der Waals surface area contributed by atoms with Gasteiger partial charge in [0.15, 0.2) is 0 Å². The molecule has 1 aromatic carbocycles. The fourth-order valence-corrected chi connectivity index (χ4v) is 4.44. The Morgan fingerprint density at radius 2 is 2.04 bits per heavy atom. The molecular formula is C19H18N2O2S. The van der Waals surface area contributed by atoms with E-state index in [0.29, 0.717) is 6.54 Å². The fourth-order valence-electron chi connectivity index (χ4n) is 3.17. The average Bonchev–Trinajstić information content (AvgIpc) is 3.20. The van der Waals surface area contributed by atoms with Crippen molar-refractivity contribution in [2.75, 3.05) is 7.05 Å². The third kappa shape index (κ3) is 2.65. The molecule has 0 aliphatic heterocycles. The molecule has 2 aromatic heterocycles. The Bertz CT molecular complexity index is 910. The van der Waals surface area contributed by atoms with E-state index in [0.717, 1.165) is 29.2 Å². The van der Waals surface area contributed by atoms with Crippen LogP contribution in [0.4, 0.5) is 0 Å². The summed E-state index contributed by atoms with van der Waals surface area (Å²) in [5, 5.41) is 3.96. The smallest absolute Gasteiger partial charge is 0.264 e. The maximum atomic E-state index is 12.8. The highest BCUT2D eigenvalue weighted by atomic mass is 32.1. The van der Waals surface area contributed by atoms with Gasteiger partial charge in [0.2, 0.25) is 0 Å². The van der Waals surface area contributed by atoms with Gasteiger partial charge in [-0.1, -0.05) is 29.4 Å². The molecule has 24 heavy (non-hydrogen) atoms. The second-order valence-electron chi connectivity index (χ2n) is 6.21. The van der Waals surface area contributed by atoms with Crippen LogP contribution in [-0.4, -0.2) is 23.0 Å². The average molecular weight is 338 g/mol. The SMILES string of the molecule is Cc1cc(CN(C)C(=O)c2cc3c(s2)-c2ccccc2CC3)no1. The first-order chi connectivity index (χ1) is 11.6. The lowest BCUT2D eigenvalue weighted by Crippen LogP contribution is -2.25. The Morgan fingerprint density at radius 3 is 2.83 bits per heavy atom. The predicted octanol–water partition coefficient (Wildman–Crippen LogP) is 4.08. The lowest BCUT2D eigenvalue weighted by Gasteiger charge is -2.15. The number of amides is 1. The molecule has 4 nitrogen and oxygen atoms in total. The van der Waals surface area contributed by atoms with E-state index in [9.17, 15) is 4.79 Å². The van der Waals surface area contributed by atoms with Gasteiger partial charge in [0.05, 0.1) is 11.4 Å². The molecule has 0 fully saturated rings. The van der Waals surface area contributed by atoms with Crippen LogP contribution < -0.4 is 0 Å². The van der Waals surface area contributed by atoms with E-state index in [1.54, 1.807) is 23.3 Å². The first-order valence-corrected chi connectivity index (χ1v) is 8.82. The summed E-state index contributed by atoms with van der Waals surface area (Å²) in [6, 6.07) is 12.4. The number of carbonyl (C=O) groups is 1. The Labute approximate surface area is 144 Å². The highest BCUT2D eigenvalue weighted by Crippen LogP contribution is 2.39. The lowest BCUT2D eigenvalue weighted by atomic mass is 9.91. The Morgan fingerprint density at radius 1 is 1.25 bits per heavy atom. The molecule has 1 aliphatic carbocycles. The van der Waals surface area contributed by atoms with E-state index in [2.05, 4.69) is 35.5 Å². The molecule has 0 spiro atoms. The Kier molecular flexibility index (Phi) is 3.73. The van der Waals surface area contributed by atoms with Gasteiger partial charge in [-0.3, -0.25) is 4.79 Å². The van der Waals surface area contributed by atoms with Gasteiger partial charge in [-0.15, -0.1) is 11.3 Å². The van der Waals surface area contributed by atoms with E-state index in [-0.39, 0.29) is 5.91 Å². The maximum absolute atomic E-state index is 12.8. The molecule has 2 heterocycles. The van der Waals surface area contributed by atoms with Crippen LogP contribution >= 0.6 is 11.3 Å². The van der Waals surface area contributed by atoms with E-state index in [4.69, 9.17) is 4.52 Å². The monoisotopic (exact) mass is 338 g/mol. The number of benzene rings is 1. The minimum atomic E-state index is 0.0348. The molecule has 1 amide bonds. The number of hydrogen-bond donors (Lipinski definition) is 0. The molecular weight excluding hydrogens is 320 g/mol. The van der Waals surface area contributed by atoms with Gasteiger partial charge in [-0.05, 0) is 42.5 Å². The van der Waals surface area contributed by atoms with E-state index >= 15 is 0 Å². The number of thiophene rings is 1. The highest BCUT2D eigenvalue weighted by molar-refractivity contribution is 7.17. The number of nitrogens with zero attached hydrogens (tertiary/aromatic N) is 2. The molecule has 0 N–H and O–H groups in total. The van der Waals surface area contributed by atoms with Crippen molar-refractivity contribution in [1.29, 1.82) is 0 Å². The Hall–Kier alpha value is -2.40. The van der Waals surface area contributed by atoms with Crippen molar-refractivity contribution < 1.29 is 9.32 Å². The molecule has 0 bridgehead atoms. The first kappa shape index (κ1) is 15.1. The van der Waals surface area contributed by atoms with Crippen molar-refractivity contribution in [3.05, 3.63) is 63.9 Å². The molecule has 1 aliphatic rings. The standard InChI is InChI=1S/C19H18N2O2S/c1-12-9-15(20-23-12)11-21(2)19(22)17-10-14-8-7-13-5-3-4-6-16(13)18(14)24-17/h3-6,9-10H,7-8,11H2,1-2H3. The van der Waals surface area contributed by atoms with E-state index in [1.807, 2.05) is 13.0 Å². The van der Waals surface area contributed by atoms with Gasteiger partial charge >= 0.3 is 0 Å². The van der Waals surface area contributed by atoms with Crippen LogP contribution in [0.2, 0.25) is 0 Å². The van der Waals surface area contributed by atoms with Gasteiger partial charge in [0.25, 0.3) is 5.91 Å². The third-order valence-corrected chi connectivity index (χ3v) is 5.57. The summed E-state index contributed by atoms with van der Waals surface area (Å²) in [7, 11) is 1.80. The molecule has 3 aromatic rings. The van der Waals surface area contributed by atoms with Gasteiger partial charge in [-0.25, -0.2) is 0 Å². The summed E-state index contributed by atoms with van der Waals surface area (Å²) in [6.45, 7) is 2.30. The molecule has 0 atom stereocenters. The molecule has 5 heteroatoms. The normalized spacial score (nSPS) is 12.6. The summed E-state index contributed by atoms with van der Waals surface area (Å²) in [5.41, 5.74) is 4.71. The minimum Gasteiger partial charge on any atom is -0.361 e. The third-order valence-electron chi connectivity index (χ3n) is 4.37. The number of fused-ring (bicyclic) bond motifs is 3. The summed E-state index contributed by atoms with van der Waals surface area (Å²) in [6.07, 6.45) is 2.05. The second kappa shape index (κ2) is 5.91. The van der Waals surface area contributed by atoms with Crippen LogP contribution in [0.15, 0.2) is 40.9 Å². The number of carbonyl (C=O) groups excluding carboxylic acids is 1. The first-order valence-electron chi connectivity index (χ1n) is 8.00. The Balaban J connectivity index is 1.59. The van der Waals surface area contributed by atoms with Gasteiger partial charge < -0.3 is 9.42 Å². The molecule has 0 saturated heterocycles. The number of rotatable bonds is 3. The van der Waals surface area contributed by atoms with Crippen molar-refractivity contribution in [2.45, 2.75) is 26.3 Å².